The van der Waals surface area contributed by atoms with Gasteiger partial charge in [0.1, 0.15) is 11.3 Å². The first-order chi connectivity index (χ1) is 9.16. The molecule has 2 rings (SSSR count). The summed E-state index contributed by atoms with van der Waals surface area (Å²) in [5.41, 5.74) is 5.98. The Hall–Kier alpha value is -1.71. The number of carbonyl (C=O) groups excluding carboxylic acids is 1. The average Bonchev–Trinajstić information content (AvgIpc) is 2.66. The Balaban J connectivity index is 2.17. The third-order valence-corrected chi connectivity index (χ3v) is 3.90. The van der Waals surface area contributed by atoms with E-state index in [1.165, 1.54) is 12.8 Å². The van der Waals surface area contributed by atoms with Crippen LogP contribution < -0.4 is 15.8 Å². The van der Waals surface area contributed by atoms with Crippen LogP contribution in [0, 0.1) is 0 Å². The lowest BCUT2D eigenvalue weighted by Gasteiger charge is -2.31. The number of primary amides is 1. The SMILES string of the molecule is COc1ccc(NC2(C(N)=O)CCCCCC2)cc1. The maximum Gasteiger partial charge on any atom is 0.243 e. The summed E-state index contributed by atoms with van der Waals surface area (Å²) in [7, 11) is 1.64. The lowest BCUT2D eigenvalue weighted by Crippen LogP contribution is -2.50. The molecule has 0 radical (unpaired) electrons. The van der Waals surface area contributed by atoms with Gasteiger partial charge in [-0.15, -0.1) is 0 Å². The monoisotopic (exact) mass is 262 g/mol. The van der Waals surface area contributed by atoms with Gasteiger partial charge in [0, 0.05) is 5.69 Å². The Kier molecular flexibility index (Phi) is 4.30. The minimum Gasteiger partial charge on any atom is -0.497 e. The molecule has 1 aliphatic carbocycles. The van der Waals surface area contributed by atoms with Gasteiger partial charge in [0.25, 0.3) is 0 Å². The van der Waals surface area contributed by atoms with Gasteiger partial charge in [-0.2, -0.15) is 0 Å². The van der Waals surface area contributed by atoms with Crippen LogP contribution in [0.1, 0.15) is 38.5 Å². The van der Waals surface area contributed by atoms with Gasteiger partial charge in [-0.1, -0.05) is 25.7 Å². The molecule has 0 atom stereocenters. The van der Waals surface area contributed by atoms with Gasteiger partial charge >= 0.3 is 0 Å². The number of hydrogen-bond acceptors (Lipinski definition) is 3. The first kappa shape index (κ1) is 13.7. The molecule has 0 saturated heterocycles. The second kappa shape index (κ2) is 5.95. The van der Waals surface area contributed by atoms with E-state index in [0.717, 1.165) is 37.1 Å². The van der Waals surface area contributed by atoms with Crippen LogP contribution in [-0.2, 0) is 4.79 Å². The molecule has 104 valence electrons. The summed E-state index contributed by atoms with van der Waals surface area (Å²) in [6.07, 6.45) is 6.08. The normalized spacial score (nSPS) is 18.4. The van der Waals surface area contributed by atoms with Crippen LogP contribution in [0.5, 0.6) is 5.75 Å². The fraction of sp³-hybridized carbons (Fsp3) is 0.533. The molecular formula is C15H22N2O2. The van der Waals surface area contributed by atoms with Gasteiger partial charge in [0.05, 0.1) is 7.11 Å². The summed E-state index contributed by atoms with van der Waals surface area (Å²) in [6, 6.07) is 7.62. The molecule has 19 heavy (non-hydrogen) atoms. The predicted molar refractivity (Wildman–Crippen MR) is 76.2 cm³/mol. The number of carbonyl (C=O) groups is 1. The van der Waals surface area contributed by atoms with E-state index in [0.29, 0.717) is 0 Å². The van der Waals surface area contributed by atoms with Crippen LogP contribution in [0.15, 0.2) is 24.3 Å². The highest BCUT2D eigenvalue weighted by molar-refractivity contribution is 5.88. The number of rotatable bonds is 4. The number of amides is 1. The van der Waals surface area contributed by atoms with E-state index in [1.807, 2.05) is 24.3 Å². The standard InChI is InChI=1S/C15H22N2O2/c1-19-13-8-6-12(7-9-13)17-15(14(16)18)10-4-2-3-5-11-15/h6-9,17H,2-5,10-11H2,1H3,(H2,16,18). The van der Waals surface area contributed by atoms with Gasteiger partial charge in [-0.25, -0.2) is 0 Å². The Labute approximate surface area is 114 Å². The summed E-state index contributed by atoms with van der Waals surface area (Å²) < 4.78 is 5.13. The average molecular weight is 262 g/mol. The second-order valence-electron chi connectivity index (χ2n) is 5.21. The molecule has 0 spiro atoms. The Morgan fingerprint density at radius 2 is 1.74 bits per heavy atom. The molecule has 1 aromatic rings. The summed E-state index contributed by atoms with van der Waals surface area (Å²) in [5, 5.41) is 3.36. The van der Waals surface area contributed by atoms with E-state index in [-0.39, 0.29) is 5.91 Å². The Morgan fingerprint density at radius 1 is 1.16 bits per heavy atom. The van der Waals surface area contributed by atoms with Gasteiger partial charge in [-0.3, -0.25) is 4.79 Å². The number of benzene rings is 1. The molecule has 0 unspecified atom stereocenters. The maximum atomic E-state index is 11.9. The fourth-order valence-electron chi connectivity index (χ4n) is 2.72. The van der Waals surface area contributed by atoms with Crippen molar-refractivity contribution in [2.75, 3.05) is 12.4 Å². The summed E-state index contributed by atoms with van der Waals surface area (Å²) in [6.45, 7) is 0. The highest BCUT2D eigenvalue weighted by Gasteiger charge is 2.36. The van der Waals surface area contributed by atoms with Crippen molar-refractivity contribution < 1.29 is 9.53 Å². The molecule has 4 heteroatoms. The fourth-order valence-corrected chi connectivity index (χ4v) is 2.72. The third-order valence-electron chi connectivity index (χ3n) is 3.90. The zero-order valence-corrected chi connectivity index (χ0v) is 11.4. The van der Waals surface area contributed by atoms with Crippen molar-refractivity contribution in [2.45, 2.75) is 44.1 Å². The molecule has 4 nitrogen and oxygen atoms in total. The summed E-state index contributed by atoms with van der Waals surface area (Å²) in [4.78, 5) is 11.9. The molecule has 0 heterocycles. The molecule has 0 bridgehead atoms. The highest BCUT2D eigenvalue weighted by atomic mass is 16.5. The van der Waals surface area contributed by atoms with E-state index in [2.05, 4.69) is 5.32 Å². The quantitative estimate of drug-likeness (QED) is 0.820. The highest BCUT2D eigenvalue weighted by Crippen LogP contribution is 2.31. The van der Waals surface area contributed by atoms with E-state index in [9.17, 15) is 4.79 Å². The van der Waals surface area contributed by atoms with Crippen LogP contribution in [0.4, 0.5) is 5.69 Å². The molecule has 0 aliphatic heterocycles. The number of methoxy groups -OCH3 is 1. The lowest BCUT2D eigenvalue weighted by atomic mass is 9.89. The second-order valence-corrected chi connectivity index (χ2v) is 5.21. The van der Waals surface area contributed by atoms with Gasteiger partial charge in [-0.05, 0) is 37.1 Å². The Bertz CT molecular complexity index is 420. The first-order valence-corrected chi connectivity index (χ1v) is 6.88. The number of anilines is 1. The largest absolute Gasteiger partial charge is 0.497 e. The van der Waals surface area contributed by atoms with Crippen molar-refractivity contribution in [2.24, 2.45) is 5.73 Å². The molecule has 1 saturated carbocycles. The molecule has 1 amide bonds. The van der Waals surface area contributed by atoms with Crippen molar-refractivity contribution in [3.05, 3.63) is 24.3 Å². The van der Waals surface area contributed by atoms with Gasteiger partial charge < -0.3 is 15.8 Å². The van der Waals surface area contributed by atoms with Crippen molar-refractivity contribution in [3.8, 4) is 5.75 Å². The van der Waals surface area contributed by atoms with Crippen molar-refractivity contribution in [3.63, 3.8) is 0 Å². The first-order valence-electron chi connectivity index (χ1n) is 6.88. The van der Waals surface area contributed by atoms with Crippen LogP contribution in [0.25, 0.3) is 0 Å². The number of ether oxygens (including phenoxy) is 1. The maximum absolute atomic E-state index is 11.9. The van der Waals surface area contributed by atoms with Crippen LogP contribution in [0.3, 0.4) is 0 Å². The topological polar surface area (TPSA) is 64.3 Å². The van der Waals surface area contributed by atoms with E-state index >= 15 is 0 Å². The van der Waals surface area contributed by atoms with E-state index in [4.69, 9.17) is 10.5 Å². The van der Waals surface area contributed by atoms with Crippen molar-refractivity contribution in [1.82, 2.24) is 0 Å². The van der Waals surface area contributed by atoms with Gasteiger partial charge in [0.15, 0.2) is 0 Å². The summed E-state index contributed by atoms with van der Waals surface area (Å²) >= 11 is 0. The van der Waals surface area contributed by atoms with Gasteiger partial charge in [0.2, 0.25) is 5.91 Å². The van der Waals surface area contributed by atoms with E-state index < -0.39 is 5.54 Å². The number of hydrogen-bond donors (Lipinski definition) is 2. The molecule has 3 N–H and O–H groups in total. The van der Waals surface area contributed by atoms with Crippen molar-refractivity contribution >= 4 is 11.6 Å². The van der Waals surface area contributed by atoms with Crippen molar-refractivity contribution in [1.29, 1.82) is 0 Å². The zero-order chi connectivity index (χ0) is 13.7. The smallest absolute Gasteiger partial charge is 0.243 e. The number of nitrogens with two attached hydrogens (primary N) is 1. The molecule has 1 aromatic carbocycles. The van der Waals surface area contributed by atoms with Crippen LogP contribution in [-0.4, -0.2) is 18.6 Å². The molecule has 1 aliphatic rings. The Morgan fingerprint density at radius 3 is 2.21 bits per heavy atom. The van der Waals surface area contributed by atoms with Crippen LogP contribution in [0.2, 0.25) is 0 Å². The molecule has 1 fully saturated rings. The zero-order valence-electron chi connectivity index (χ0n) is 11.4. The van der Waals surface area contributed by atoms with Crippen LogP contribution >= 0.6 is 0 Å². The third kappa shape index (κ3) is 3.19. The van der Waals surface area contributed by atoms with E-state index in [1.54, 1.807) is 7.11 Å². The lowest BCUT2D eigenvalue weighted by molar-refractivity contribution is -0.122. The summed E-state index contributed by atoms with van der Waals surface area (Å²) in [5.74, 6) is 0.560. The number of nitrogens with one attached hydrogen (secondary N) is 1. The predicted octanol–water partition coefficient (Wildman–Crippen LogP) is 2.69. The minimum absolute atomic E-state index is 0.245. The molecular weight excluding hydrogens is 240 g/mol. The minimum atomic E-state index is -0.592. The molecule has 0 aromatic heterocycles.